The molecule has 1 fully saturated rings. The lowest BCUT2D eigenvalue weighted by molar-refractivity contribution is -0.122. The molecule has 6 nitrogen and oxygen atoms in total. The standard InChI is InChI=1S/C30H25FN2O4/c1-17-27(30(35)33-22-10-6-5-9-21(22)31)28(19-11-12-25-26(15-19)37-16-36-25)29-23(32-17)13-20(14-24(29)34)18-7-3-2-4-8-18/h2-12,15,20,28-29H,13-14,16H2,1H3,(H,33,35)/t20-,28-,29-/m0/s1. The second kappa shape index (κ2) is 9.32. The number of nitrogens with zero attached hydrogens (tertiary/aromatic N) is 1. The van der Waals surface area contributed by atoms with Crippen LogP contribution in [0.5, 0.6) is 11.5 Å². The Balaban J connectivity index is 1.43. The van der Waals surface area contributed by atoms with Gasteiger partial charge in [0.1, 0.15) is 11.6 Å². The molecular weight excluding hydrogens is 471 g/mol. The highest BCUT2D eigenvalue weighted by Crippen LogP contribution is 2.47. The Hall–Kier alpha value is -4.26. The SMILES string of the molecule is CC1=C(C(=O)Nc2ccccc2F)[C@H](c2ccc3c(c2)OCO3)[C@@H]2C(=O)C[C@@H](c3ccccc3)CC2=N1. The predicted molar refractivity (Wildman–Crippen MR) is 137 cm³/mol. The van der Waals surface area contributed by atoms with Crippen LogP contribution in [-0.4, -0.2) is 24.2 Å². The molecular formula is C30H25FN2O4. The smallest absolute Gasteiger partial charge is 0.254 e. The molecule has 7 heteroatoms. The van der Waals surface area contributed by atoms with Gasteiger partial charge in [-0.25, -0.2) is 4.39 Å². The van der Waals surface area contributed by atoms with Crippen molar-refractivity contribution in [2.24, 2.45) is 10.9 Å². The molecule has 0 aromatic heterocycles. The molecule has 3 aromatic carbocycles. The summed E-state index contributed by atoms with van der Waals surface area (Å²) in [6, 6.07) is 21.5. The van der Waals surface area contributed by atoms with E-state index in [1.54, 1.807) is 25.1 Å². The van der Waals surface area contributed by atoms with Gasteiger partial charge in [-0.05, 0) is 54.7 Å². The zero-order chi connectivity index (χ0) is 25.5. The third-order valence-corrected chi connectivity index (χ3v) is 7.35. The zero-order valence-electron chi connectivity index (χ0n) is 20.2. The van der Waals surface area contributed by atoms with E-state index < -0.39 is 23.6 Å². The number of carbonyl (C=O) groups is 2. The highest BCUT2D eigenvalue weighted by molar-refractivity contribution is 6.14. The molecule has 1 amide bonds. The molecule has 37 heavy (non-hydrogen) atoms. The number of benzene rings is 3. The topological polar surface area (TPSA) is 77.0 Å². The van der Waals surface area contributed by atoms with Gasteiger partial charge in [0.05, 0.1) is 11.6 Å². The minimum Gasteiger partial charge on any atom is -0.454 e. The van der Waals surface area contributed by atoms with Crippen LogP contribution < -0.4 is 14.8 Å². The van der Waals surface area contributed by atoms with E-state index in [1.165, 1.54) is 12.1 Å². The molecule has 3 aliphatic rings. The summed E-state index contributed by atoms with van der Waals surface area (Å²) in [5.74, 6) is -0.945. The molecule has 3 atom stereocenters. The van der Waals surface area contributed by atoms with Crippen LogP contribution >= 0.6 is 0 Å². The Morgan fingerprint density at radius 1 is 0.919 bits per heavy atom. The van der Waals surface area contributed by atoms with Crippen LogP contribution in [0.15, 0.2) is 89.1 Å². The average Bonchev–Trinajstić information content (AvgIpc) is 3.37. The number of allylic oxidation sites excluding steroid dienone is 1. The van der Waals surface area contributed by atoms with Gasteiger partial charge in [0.25, 0.3) is 5.91 Å². The number of aliphatic imine (C=N–C) groups is 1. The highest BCUT2D eigenvalue weighted by Gasteiger charge is 2.46. The first-order valence-electron chi connectivity index (χ1n) is 12.3. The number of halogens is 1. The minimum absolute atomic E-state index is 0.0303. The van der Waals surface area contributed by atoms with Gasteiger partial charge >= 0.3 is 0 Å². The van der Waals surface area contributed by atoms with E-state index in [2.05, 4.69) is 5.32 Å². The van der Waals surface area contributed by atoms with Crippen molar-refractivity contribution in [3.63, 3.8) is 0 Å². The lowest BCUT2D eigenvalue weighted by Gasteiger charge is -2.38. The Bertz CT molecular complexity index is 1460. The van der Waals surface area contributed by atoms with E-state index in [0.717, 1.165) is 16.8 Å². The molecule has 0 unspecified atom stereocenters. The quantitative estimate of drug-likeness (QED) is 0.498. The summed E-state index contributed by atoms with van der Waals surface area (Å²) in [5, 5.41) is 2.70. The van der Waals surface area contributed by atoms with Crippen molar-refractivity contribution in [1.29, 1.82) is 0 Å². The first-order chi connectivity index (χ1) is 18.0. The van der Waals surface area contributed by atoms with E-state index in [0.29, 0.717) is 35.6 Å². The van der Waals surface area contributed by atoms with Crippen LogP contribution in [0.25, 0.3) is 0 Å². The number of anilines is 1. The maximum absolute atomic E-state index is 14.4. The zero-order valence-corrected chi connectivity index (χ0v) is 20.2. The largest absolute Gasteiger partial charge is 0.454 e. The van der Waals surface area contributed by atoms with E-state index in [-0.39, 0.29) is 24.2 Å². The van der Waals surface area contributed by atoms with E-state index in [4.69, 9.17) is 14.5 Å². The molecule has 0 spiro atoms. The number of ketones is 1. The van der Waals surface area contributed by atoms with Crippen molar-refractivity contribution in [3.05, 3.63) is 101 Å². The van der Waals surface area contributed by atoms with Gasteiger partial charge in [0.15, 0.2) is 11.5 Å². The first-order valence-corrected chi connectivity index (χ1v) is 12.3. The first kappa shape index (κ1) is 23.2. The van der Waals surface area contributed by atoms with Crippen molar-refractivity contribution >= 4 is 23.1 Å². The molecule has 1 aliphatic carbocycles. The van der Waals surface area contributed by atoms with Gasteiger partial charge in [0.2, 0.25) is 6.79 Å². The van der Waals surface area contributed by atoms with Crippen molar-refractivity contribution in [2.75, 3.05) is 12.1 Å². The molecule has 6 rings (SSSR count). The summed E-state index contributed by atoms with van der Waals surface area (Å²) in [7, 11) is 0. The Morgan fingerprint density at radius 3 is 2.49 bits per heavy atom. The number of ether oxygens (including phenoxy) is 2. The minimum atomic E-state index is -0.592. The van der Waals surface area contributed by atoms with Crippen molar-refractivity contribution < 1.29 is 23.5 Å². The fourth-order valence-corrected chi connectivity index (χ4v) is 5.65. The van der Waals surface area contributed by atoms with E-state index in [9.17, 15) is 14.0 Å². The second-order valence-corrected chi connectivity index (χ2v) is 9.59. The molecule has 1 N–H and O–H groups in total. The van der Waals surface area contributed by atoms with Gasteiger partial charge in [0, 0.05) is 29.3 Å². The summed E-state index contributed by atoms with van der Waals surface area (Å²) in [6.45, 7) is 1.89. The van der Waals surface area contributed by atoms with Gasteiger partial charge in [-0.3, -0.25) is 14.6 Å². The summed E-state index contributed by atoms with van der Waals surface area (Å²) in [5.41, 5.74) is 3.57. The fraction of sp³-hybridized carbons (Fsp3) is 0.233. The maximum atomic E-state index is 14.4. The number of amides is 1. The van der Waals surface area contributed by atoms with Gasteiger partial charge in [-0.2, -0.15) is 0 Å². The maximum Gasteiger partial charge on any atom is 0.254 e. The number of hydrogen-bond donors (Lipinski definition) is 1. The number of hydrogen-bond acceptors (Lipinski definition) is 5. The van der Waals surface area contributed by atoms with Crippen LogP contribution in [0.3, 0.4) is 0 Å². The molecule has 2 heterocycles. The van der Waals surface area contributed by atoms with Crippen LogP contribution in [-0.2, 0) is 9.59 Å². The van der Waals surface area contributed by atoms with Crippen LogP contribution in [0.1, 0.15) is 42.7 Å². The van der Waals surface area contributed by atoms with Crippen molar-refractivity contribution in [1.82, 2.24) is 0 Å². The molecule has 2 aliphatic heterocycles. The van der Waals surface area contributed by atoms with Crippen molar-refractivity contribution in [3.8, 4) is 11.5 Å². The molecule has 1 saturated carbocycles. The Labute approximate surface area is 213 Å². The second-order valence-electron chi connectivity index (χ2n) is 9.59. The summed E-state index contributed by atoms with van der Waals surface area (Å²) in [4.78, 5) is 32.2. The lowest BCUT2D eigenvalue weighted by Crippen LogP contribution is -2.41. The normalized spacial score (nSPS) is 22.4. The summed E-state index contributed by atoms with van der Waals surface area (Å²) < 4.78 is 25.4. The molecule has 0 saturated heterocycles. The van der Waals surface area contributed by atoms with E-state index >= 15 is 0 Å². The van der Waals surface area contributed by atoms with Gasteiger partial charge in [-0.1, -0.05) is 48.5 Å². The van der Waals surface area contributed by atoms with Gasteiger partial charge in [-0.15, -0.1) is 0 Å². The average molecular weight is 497 g/mol. The number of Topliss-reactive ketones (excluding diaryl/α,β-unsaturated/α-hetero) is 1. The monoisotopic (exact) mass is 496 g/mol. The Morgan fingerprint density at radius 2 is 1.68 bits per heavy atom. The Kier molecular flexibility index (Phi) is 5.83. The number of rotatable bonds is 4. The number of carbonyl (C=O) groups excluding carboxylic acids is 2. The third-order valence-electron chi connectivity index (χ3n) is 7.35. The molecule has 186 valence electrons. The van der Waals surface area contributed by atoms with E-state index in [1.807, 2.05) is 42.5 Å². The lowest BCUT2D eigenvalue weighted by atomic mass is 9.66. The van der Waals surface area contributed by atoms with Gasteiger partial charge < -0.3 is 14.8 Å². The molecule has 0 bridgehead atoms. The number of fused-ring (bicyclic) bond motifs is 2. The number of para-hydroxylation sites is 1. The van der Waals surface area contributed by atoms with Crippen molar-refractivity contribution in [2.45, 2.75) is 31.6 Å². The predicted octanol–water partition coefficient (Wildman–Crippen LogP) is 5.77. The van der Waals surface area contributed by atoms with Crippen LogP contribution in [0.2, 0.25) is 0 Å². The number of nitrogens with one attached hydrogen (secondary N) is 1. The molecule has 0 radical (unpaired) electrons. The molecule has 3 aromatic rings. The third kappa shape index (κ3) is 4.20. The van der Waals surface area contributed by atoms with Crippen LogP contribution in [0, 0.1) is 11.7 Å². The summed E-state index contributed by atoms with van der Waals surface area (Å²) >= 11 is 0. The fourth-order valence-electron chi connectivity index (χ4n) is 5.65. The summed E-state index contributed by atoms with van der Waals surface area (Å²) in [6.07, 6.45) is 0.983. The van der Waals surface area contributed by atoms with Crippen LogP contribution in [0.4, 0.5) is 10.1 Å². The highest BCUT2D eigenvalue weighted by atomic mass is 19.1.